The average molecular weight is 214 g/mol. The molecule has 1 N–H and O–H groups in total. The van der Waals surface area contributed by atoms with Crippen LogP contribution >= 0.6 is 0 Å². The van der Waals surface area contributed by atoms with Crippen LogP contribution in [0.4, 0.5) is 13.2 Å². The van der Waals surface area contributed by atoms with E-state index in [0.29, 0.717) is 12.1 Å². The van der Waals surface area contributed by atoms with Gasteiger partial charge in [0.25, 0.3) is 0 Å². The fourth-order valence-corrected chi connectivity index (χ4v) is 0.877. The Morgan fingerprint density at radius 2 is 1.60 bits per heavy atom. The second-order valence-electron chi connectivity index (χ2n) is 3.55. The first kappa shape index (κ1) is 11.6. The highest BCUT2D eigenvalue weighted by Gasteiger charge is 2.11. The number of rotatable bonds is 0. The molecule has 0 aliphatic carbocycles. The number of aliphatic hydroxyl groups is 1. The summed E-state index contributed by atoms with van der Waals surface area (Å²) in [7, 11) is 0. The summed E-state index contributed by atoms with van der Waals surface area (Å²) in [6, 6.07) is 1.08. The Labute approximate surface area is 85.5 Å². The van der Waals surface area contributed by atoms with Gasteiger partial charge in [0.2, 0.25) is 0 Å². The van der Waals surface area contributed by atoms with E-state index in [1.165, 1.54) is 13.8 Å². The first-order valence-corrected chi connectivity index (χ1v) is 4.20. The van der Waals surface area contributed by atoms with Crippen LogP contribution in [0.15, 0.2) is 12.1 Å². The van der Waals surface area contributed by atoms with Crippen molar-refractivity contribution in [2.75, 3.05) is 0 Å². The zero-order valence-corrected chi connectivity index (χ0v) is 8.24. The van der Waals surface area contributed by atoms with Crippen molar-refractivity contribution >= 4 is 0 Å². The fraction of sp³-hybridized carbons (Fsp3) is 0.273. The molecule has 1 nitrogen and oxygen atoms in total. The van der Waals surface area contributed by atoms with Crippen LogP contribution in [0.3, 0.4) is 0 Å². The molecule has 0 aromatic heterocycles. The van der Waals surface area contributed by atoms with Gasteiger partial charge in [-0.25, -0.2) is 13.2 Å². The SMILES string of the molecule is CC(C)(O)C#Cc1c(F)cc(F)cc1F. The van der Waals surface area contributed by atoms with E-state index in [4.69, 9.17) is 0 Å². The standard InChI is InChI=1S/C11H9F3O/c1-11(2,15)4-3-8-9(13)5-7(12)6-10(8)14/h5-6,15H,1-2H3. The fourth-order valence-electron chi connectivity index (χ4n) is 0.877. The zero-order valence-electron chi connectivity index (χ0n) is 8.24. The van der Waals surface area contributed by atoms with Gasteiger partial charge >= 0.3 is 0 Å². The minimum absolute atomic E-state index is 0.539. The third-order valence-corrected chi connectivity index (χ3v) is 1.50. The maximum Gasteiger partial charge on any atom is 0.144 e. The Morgan fingerprint density at radius 3 is 2.00 bits per heavy atom. The molecular weight excluding hydrogens is 205 g/mol. The molecule has 0 unspecified atom stereocenters. The highest BCUT2D eigenvalue weighted by Crippen LogP contribution is 2.13. The molecule has 0 atom stereocenters. The van der Waals surface area contributed by atoms with E-state index in [-0.39, 0.29) is 0 Å². The summed E-state index contributed by atoms with van der Waals surface area (Å²) in [6.07, 6.45) is 0. The summed E-state index contributed by atoms with van der Waals surface area (Å²) in [5.74, 6) is 1.21. The molecule has 0 bridgehead atoms. The zero-order chi connectivity index (χ0) is 11.6. The lowest BCUT2D eigenvalue weighted by Gasteiger charge is -2.06. The molecule has 4 heteroatoms. The Bertz CT molecular complexity index is 412. The van der Waals surface area contributed by atoms with Crippen molar-refractivity contribution in [1.29, 1.82) is 0 Å². The van der Waals surface area contributed by atoms with Gasteiger partial charge in [-0.15, -0.1) is 0 Å². The molecule has 0 aliphatic rings. The van der Waals surface area contributed by atoms with Crippen molar-refractivity contribution in [3.05, 3.63) is 35.1 Å². The van der Waals surface area contributed by atoms with E-state index in [1.54, 1.807) is 0 Å². The molecule has 15 heavy (non-hydrogen) atoms. The van der Waals surface area contributed by atoms with E-state index >= 15 is 0 Å². The molecule has 0 saturated carbocycles. The van der Waals surface area contributed by atoms with Crippen LogP contribution in [0, 0.1) is 29.3 Å². The summed E-state index contributed by atoms with van der Waals surface area (Å²) in [4.78, 5) is 0. The van der Waals surface area contributed by atoms with E-state index in [1.807, 2.05) is 0 Å². The van der Waals surface area contributed by atoms with E-state index < -0.39 is 28.6 Å². The van der Waals surface area contributed by atoms with E-state index in [9.17, 15) is 18.3 Å². The summed E-state index contributed by atoms with van der Waals surface area (Å²) < 4.78 is 38.5. The third-order valence-electron chi connectivity index (χ3n) is 1.50. The molecule has 0 aliphatic heterocycles. The van der Waals surface area contributed by atoms with Crippen molar-refractivity contribution in [2.45, 2.75) is 19.4 Å². The van der Waals surface area contributed by atoms with Crippen LogP contribution in [0.1, 0.15) is 19.4 Å². The minimum Gasteiger partial charge on any atom is -0.378 e. The van der Waals surface area contributed by atoms with Gasteiger partial charge in [0.1, 0.15) is 23.1 Å². The third kappa shape index (κ3) is 3.30. The molecule has 0 radical (unpaired) electrons. The monoisotopic (exact) mass is 214 g/mol. The summed E-state index contributed by atoms with van der Waals surface area (Å²) >= 11 is 0. The topological polar surface area (TPSA) is 20.2 Å². The van der Waals surface area contributed by atoms with Gasteiger partial charge in [0, 0.05) is 12.1 Å². The number of hydrogen-bond donors (Lipinski definition) is 1. The van der Waals surface area contributed by atoms with Crippen LogP contribution in [-0.2, 0) is 0 Å². The highest BCUT2D eigenvalue weighted by atomic mass is 19.1. The molecule has 0 heterocycles. The Balaban J connectivity index is 3.20. The summed E-state index contributed by atoms with van der Waals surface area (Å²) in [5.41, 5.74) is -1.90. The number of hydrogen-bond acceptors (Lipinski definition) is 1. The Hall–Kier alpha value is -1.47. The van der Waals surface area contributed by atoms with Crippen LogP contribution in [0.5, 0.6) is 0 Å². The Kier molecular flexibility index (Phi) is 3.06. The van der Waals surface area contributed by atoms with Crippen molar-refractivity contribution in [3.8, 4) is 11.8 Å². The molecule has 0 fully saturated rings. The Morgan fingerprint density at radius 1 is 1.13 bits per heavy atom. The van der Waals surface area contributed by atoms with Crippen LogP contribution in [0.25, 0.3) is 0 Å². The van der Waals surface area contributed by atoms with Gasteiger partial charge in [-0.3, -0.25) is 0 Å². The number of halogens is 3. The number of benzene rings is 1. The quantitative estimate of drug-likeness (QED) is 0.656. The van der Waals surface area contributed by atoms with Crippen LogP contribution in [-0.4, -0.2) is 10.7 Å². The molecular formula is C11H9F3O. The van der Waals surface area contributed by atoms with Crippen molar-refractivity contribution in [3.63, 3.8) is 0 Å². The lowest BCUT2D eigenvalue weighted by Crippen LogP contribution is -2.14. The normalized spacial score (nSPS) is 10.8. The minimum atomic E-state index is -1.35. The van der Waals surface area contributed by atoms with Crippen molar-refractivity contribution in [1.82, 2.24) is 0 Å². The largest absolute Gasteiger partial charge is 0.378 e. The molecule has 0 saturated heterocycles. The van der Waals surface area contributed by atoms with Gasteiger partial charge < -0.3 is 5.11 Å². The maximum absolute atomic E-state index is 13.0. The molecule has 80 valence electrons. The smallest absolute Gasteiger partial charge is 0.144 e. The lowest BCUT2D eigenvalue weighted by atomic mass is 10.1. The van der Waals surface area contributed by atoms with Crippen molar-refractivity contribution in [2.24, 2.45) is 0 Å². The maximum atomic E-state index is 13.0. The van der Waals surface area contributed by atoms with Crippen molar-refractivity contribution < 1.29 is 18.3 Å². The van der Waals surface area contributed by atoms with E-state index in [0.717, 1.165) is 0 Å². The molecule has 1 rings (SSSR count). The summed E-state index contributed by atoms with van der Waals surface area (Å²) in [5, 5.41) is 9.22. The van der Waals surface area contributed by atoms with Gasteiger partial charge in [-0.2, -0.15) is 0 Å². The first-order valence-electron chi connectivity index (χ1n) is 4.20. The van der Waals surface area contributed by atoms with Gasteiger partial charge in [-0.05, 0) is 13.8 Å². The molecule has 1 aromatic rings. The average Bonchev–Trinajstić information content (AvgIpc) is 1.99. The van der Waals surface area contributed by atoms with Gasteiger partial charge in [0.15, 0.2) is 0 Å². The molecule has 0 spiro atoms. The second-order valence-corrected chi connectivity index (χ2v) is 3.55. The predicted octanol–water partition coefficient (Wildman–Crippen LogP) is 2.23. The lowest BCUT2D eigenvalue weighted by molar-refractivity contribution is 0.143. The highest BCUT2D eigenvalue weighted by molar-refractivity contribution is 5.38. The van der Waals surface area contributed by atoms with E-state index in [2.05, 4.69) is 11.8 Å². The summed E-state index contributed by atoms with van der Waals surface area (Å²) in [6.45, 7) is 2.75. The van der Waals surface area contributed by atoms with Crippen LogP contribution in [0.2, 0.25) is 0 Å². The first-order chi connectivity index (χ1) is 6.79. The van der Waals surface area contributed by atoms with Crippen LogP contribution < -0.4 is 0 Å². The second kappa shape index (κ2) is 3.95. The predicted molar refractivity (Wildman–Crippen MR) is 49.5 cm³/mol. The van der Waals surface area contributed by atoms with Gasteiger partial charge in [0.05, 0.1) is 5.56 Å². The molecule has 0 amide bonds. The van der Waals surface area contributed by atoms with Gasteiger partial charge in [-0.1, -0.05) is 11.8 Å². The molecule has 1 aromatic carbocycles.